The van der Waals surface area contributed by atoms with Gasteiger partial charge in [-0.15, -0.1) is 0 Å². The van der Waals surface area contributed by atoms with Gasteiger partial charge in [-0.3, -0.25) is 0 Å². The number of hydrogen-bond acceptors (Lipinski definition) is 7. The summed E-state index contributed by atoms with van der Waals surface area (Å²) < 4.78 is 56.2. The molecule has 34 heavy (non-hydrogen) atoms. The van der Waals surface area contributed by atoms with Gasteiger partial charge >= 0.3 is 12.1 Å². The summed E-state index contributed by atoms with van der Waals surface area (Å²) in [5.74, 6) is -1.81. The first-order valence-corrected chi connectivity index (χ1v) is 11.8. The van der Waals surface area contributed by atoms with Crippen LogP contribution in [0.1, 0.15) is 11.1 Å². The van der Waals surface area contributed by atoms with Crippen LogP contribution >= 0.6 is 15.9 Å². The van der Waals surface area contributed by atoms with Gasteiger partial charge in [0.25, 0.3) is 0 Å². The van der Waals surface area contributed by atoms with E-state index >= 15 is 0 Å². The summed E-state index contributed by atoms with van der Waals surface area (Å²) in [7, 11) is -3.83. The Hall–Kier alpha value is -3.23. The van der Waals surface area contributed by atoms with Crippen LogP contribution in [0.2, 0.25) is 0 Å². The SMILES string of the molecule is NS(=O)(=O)c1cc2cc(c1)Nc1nc(ncc1Br)Nc1cccc(c1)CC2.O=C(O)C(F)(F)F. The van der Waals surface area contributed by atoms with Crippen LogP contribution in [0.3, 0.4) is 0 Å². The highest BCUT2D eigenvalue weighted by atomic mass is 79.9. The molecule has 0 saturated carbocycles. The van der Waals surface area contributed by atoms with Gasteiger partial charge in [0.2, 0.25) is 16.0 Å². The van der Waals surface area contributed by atoms with Crippen molar-refractivity contribution < 1.29 is 31.5 Å². The number of primary sulfonamides is 1. The molecule has 0 aliphatic carbocycles. The van der Waals surface area contributed by atoms with Gasteiger partial charge in [0.05, 0.1) is 9.37 Å². The number of hydrogen-bond donors (Lipinski definition) is 4. The number of sulfonamides is 1. The minimum atomic E-state index is -5.08. The second-order valence-corrected chi connectivity index (χ2v) is 9.47. The fourth-order valence-corrected chi connectivity index (χ4v) is 3.81. The first kappa shape index (κ1) is 25.4. The number of anilines is 4. The lowest BCUT2D eigenvalue weighted by Gasteiger charge is -2.12. The molecular weight excluding hydrogens is 543 g/mol. The van der Waals surface area contributed by atoms with Crippen LogP contribution in [0.15, 0.2) is 58.0 Å². The van der Waals surface area contributed by atoms with E-state index in [0.29, 0.717) is 28.3 Å². The second-order valence-electron chi connectivity index (χ2n) is 7.05. The number of nitrogens with two attached hydrogens (primary N) is 1. The Morgan fingerprint density at radius 3 is 2.35 bits per heavy atom. The number of benzene rings is 2. The maximum Gasteiger partial charge on any atom is 0.490 e. The van der Waals surface area contributed by atoms with Gasteiger partial charge in [0, 0.05) is 17.6 Å². The lowest BCUT2D eigenvalue weighted by atomic mass is 10.0. The second kappa shape index (κ2) is 9.95. The fourth-order valence-electron chi connectivity index (χ4n) is 2.92. The molecular formula is C20H17BrF3N5O4S. The van der Waals surface area contributed by atoms with Gasteiger partial charge in [0.15, 0.2) is 0 Å². The Morgan fingerprint density at radius 2 is 1.71 bits per heavy atom. The van der Waals surface area contributed by atoms with E-state index < -0.39 is 22.2 Å². The number of aromatic nitrogens is 2. The molecule has 3 aromatic rings. The molecule has 180 valence electrons. The van der Waals surface area contributed by atoms with Crippen molar-refractivity contribution in [3.63, 3.8) is 0 Å². The first-order chi connectivity index (χ1) is 15.8. The van der Waals surface area contributed by atoms with E-state index in [9.17, 15) is 21.6 Å². The van der Waals surface area contributed by atoms with Crippen LogP contribution in [-0.2, 0) is 27.7 Å². The lowest BCUT2D eigenvalue weighted by molar-refractivity contribution is -0.192. The smallest absolute Gasteiger partial charge is 0.475 e. The number of carbonyl (C=O) groups is 1. The van der Waals surface area contributed by atoms with Crippen LogP contribution in [0.25, 0.3) is 0 Å². The van der Waals surface area contributed by atoms with E-state index in [-0.39, 0.29) is 4.90 Å². The van der Waals surface area contributed by atoms with Gasteiger partial charge in [-0.25, -0.2) is 23.3 Å². The van der Waals surface area contributed by atoms with E-state index in [4.69, 9.17) is 15.0 Å². The summed E-state index contributed by atoms with van der Waals surface area (Å²) in [6, 6.07) is 13.0. The normalized spacial score (nSPS) is 13.0. The zero-order valence-corrected chi connectivity index (χ0v) is 19.5. The standard InChI is InChI=1S/C18H16BrN5O2S.C2HF3O2/c19-16-10-21-18-23-13-3-1-2-11(6-13)4-5-12-7-14(22-17(16)24-18)9-15(8-12)27(20,25)26;3-2(4,5)1(6)7/h1-3,6-10H,4-5H2,(H2,20,25,26)(H2,21,22,23,24);(H,6,7). The van der Waals surface area contributed by atoms with Crippen molar-refractivity contribution in [1.29, 1.82) is 0 Å². The third-order valence-corrected chi connectivity index (χ3v) is 5.90. The van der Waals surface area contributed by atoms with Gasteiger partial charge in [-0.2, -0.15) is 18.2 Å². The van der Waals surface area contributed by atoms with Crippen LogP contribution in [0.5, 0.6) is 0 Å². The van der Waals surface area contributed by atoms with Crippen LogP contribution < -0.4 is 15.8 Å². The minimum absolute atomic E-state index is 0.0645. The Morgan fingerprint density at radius 1 is 1.06 bits per heavy atom. The first-order valence-electron chi connectivity index (χ1n) is 9.44. The van der Waals surface area contributed by atoms with Crippen molar-refractivity contribution in [3.05, 3.63) is 64.3 Å². The van der Waals surface area contributed by atoms with E-state index in [1.165, 1.54) is 6.07 Å². The van der Waals surface area contributed by atoms with Crippen molar-refractivity contribution in [2.75, 3.05) is 10.6 Å². The molecule has 4 rings (SSSR count). The average Bonchev–Trinajstić information content (AvgIpc) is 2.74. The fraction of sp³-hybridized carbons (Fsp3) is 0.150. The number of fused-ring (bicyclic) bond motifs is 6. The number of rotatable bonds is 1. The van der Waals surface area contributed by atoms with Crippen molar-refractivity contribution in [3.8, 4) is 0 Å². The molecule has 6 bridgehead atoms. The molecule has 14 heteroatoms. The monoisotopic (exact) mass is 559 g/mol. The molecule has 0 unspecified atom stereocenters. The highest BCUT2D eigenvalue weighted by Crippen LogP contribution is 2.28. The molecule has 2 aromatic carbocycles. The maximum absolute atomic E-state index is 11.9. The molecule has 0 fully saturated rings. The van der Waals surface area contributed by atoms with Crippen molar-refractivity contribution >= 4 is 55.1 Å². The molecule has 0 radical (unpaired) electrons. The maximum atomic E-state index is 11.9. The quantitative estimate of drug-likeness (QED) is 0.348. The Bertz CT molecular complexity index is 1340. The number of carboxylic acids is 1. The number of carboxylic acid groups (broad SMARTS) is 1. The Labute approximate surface area is 200 Å². The van der Waals surface area contributed by atoms with E-state index in [2.05, 4.69) is 36.5 Å². The highest BCUT2D eigenvalue weighted by molar-refractivity contribution is 9.10. The molecule has 0 saturated heterocycles. The third kappa shape index (κ3) is 6.88. The summed E-state index contributed by atoms with van der Waals surface area (Å²) in [6.07, 6.45) is -2.03. The number of aryl methyl sites for hydroxylation is 2. The third-order valence-electron chi connectivity index (χ3n) is 4.43. The predicted octanol–water partition coefficient (Wildman–Crippen LogP) is 4.11. The number of nitrogens with zero attached hydrogens (tertiary/aromatic N) is 2. The Kier molecular flexibility index (Phi) is 7.43. The zero-order valence-electron chi connectivity index (χ0n) is 17.1. The summed E-state index contributed by atoms with van der Waals surface area (Å²) in [4.78, 5) is 17.7. The molecule has 5 N–H and O–H groups in total. The molecule has 0 spiro atoms. The molecule has 1 aromatic heterocycles. The van der Waals surface area contributed by atoms with Gasteiger partial charge in [-0.05, 0) is 70.2 Å². The summed E-state index contributed by atoms with van der Waals surface area (Å²) in [5.41, 5.74) is 3.46. The molecule has 9 nitrogen and oxygen atoms in total. The highest BCUT2D eigenvalue weighted by Gasteiger charge is 2.38. The molecule has 1 aliphatic rings. The number of aliphatic carboxylic acids is 1. The number of halogens is 4. The van der Waals surface area contributed by atoms with E-state index in [1.54, 1.807) is 12.3 Å². The van der Waals surface area contributed by atoms with Crippen LogP contribution in [0, 0.1) is 0 Å². The van der Waals surface area contributed by atoms with Crippen molar-refractivity contribution in [1.82, 2.24) is 9.97 Å². The molecule has 1 aliphatic heterocycles. The largest absolute Gasteiger partial charge is 0.490 e. The topological polar surface area (TPSA) is 147 Å². The van der Waals surface area contributed by atoms with E-state index in [0.717, 1.165) is 23.2 Å². The predicted molar refractivity (Wildman–Crippen MR) is 122 cm³/mol. The van der Waals surface area contributed by atoms with Crippen molar-refractivity contribution in [2.24, 2.45) is 5.14 Å². The van der Waals surface area contributed by atoms with Crippen LogP contribution in [-0.4, -0.2) is 35.6 Å². The summed E-state index contributed by atoms with van der Waals surface area (Å²) >= 11 is 3.42. The summed E-state index contributed by atoms with van der Waals surface area (Å²) in [5, 5.41) is 18.8. The average molecular weight is 560 g/mol. The van der Waals surface area contributed by atoms with Crippen LogP contribution in [0.4, 0.5) is 36.3 Å². The van der Waals surface area contributed by atoms with Gasteiger partial charge in [-0.1, -0.05) is 12.1 Å². The van der Waals surface area contributed by atoms with Gasteiger partial charge in [0.1, 0.15) is 5.82 Å². The zero-order chi connectivity index (χ0) is 25.1. The molecule has 2 heterocycles. The summed E-state index contributed by atoms with van der Waals surface area (Å²) in [6.45, 7) is 0. The number of alkyl halides is 3. The Balaban J connectivity index is 0.000000406. The van der Waals surface area contributed by atoms with E-state index in [1.807, 2.05) is 30.3 Å². The van der Waals surface area contributed by atoms with Crippen molar-refractivity contribution in [2.45, 2.75) is 23.9 Å². The molecule has 0 atom stereocenters. The molecule has 0 amide bonds. The minimum Gasteiger partial charge on any atom is -0.475 e. The van der Waals surface area contributed by atoms with Gasteiger partial charge < -0.3 is 15.7 Å². The number of nitrogens with one attached hydrogen (secondary N) is 2. The lowest BCUT2D eigenvalue weighted by Crippen LogP contribution is -2.21.